The highest BCUT2D eigenvalue weighted by atomic mass is 35.5. The summed E-state index contributed by atoms with van der Waals surface area (Å²) in [6.07, 6.45) is 3.99. The molecule has 1 saturated carbocycles. The van der Waals surface area contributed by atoms with Gasteiger partial charge in [0.1, 0.15) is 0 Å². The Hall–Kier alpha value is -0.280. The van der Waals surface area contributed by atoms with Crippen molar-refractivity contribution in [1.29, 1.82) is 0 Å². The van der Waals surface area contributed by atoms with Gasteiger partial charge in [0.15, 0.2) is 0 Å². The Balaban J connectivity index is 0.000000845. The van der Waals surface area contributed by atoms with E-state index in [9.17, 15) is 4.79 Å². The molecule has 2 rings (SSSR count). The van der Waals surface area contributed by atoms with Crippen molar-refractivity contribution < 1.29 is 9.90 Å². The van der Waals surface area contributed by atoms with Crippen LogP contribution in [0.1, 0.15) is 25.7 Å². The van der Waals surface area contributed by atoms with Crippen LogP contribution in [0.15, 0.2) is 0 Å². The fourth-order valence-corrected chi connectivity index (χ4v) is 2.53. The Morgan fingerprint density at radius 2 is 2.08 bits per heavy atom. The van der Waals surface area contributed by atoms with E-state index in [4.69, 9.17) is 5.11 Å². The van der Waals surface area contributed by atoms with Gasteiger partial charge in [-0.15, -0.1) is 12.4 Å². The smallest absolute Gasteiger partial charge is 0.306 e. The van der Waals surface area contributed by atoms with Crippen LogP contribution in [0.5, 0.6) is 0 Å². The van der Waals surface area contributed by atoms with Crippen LogP contribution in [-0.2, 0) is 4.79 Å². The Labute approximate surface area is 84.3 Å². The number of fused-ring (bicyclic) bond motifs is 1. The molecular formula is C9H16ClNO2. The molecule has 1 aliphatic heterocycles. The molecule has 1 aliphatic carbocycles. The first kappa shape index (κ1) is 10.8. The summed E-state index contributed by atoms with van der Waals surface area (Å²) in [5.74, 6) is -0.0219. The summed E-state index contributed by atoms with van der Waals surface area (Å²) in [6, 6.07) is 0.626. The molecule has 4 heteroatoms. The van der Waals surface area contributed by atoms with Crippen LogP contribution in [0.4, 0.5) is 0 Å². The molecule has 0 amide bonds. The van der Waals surface area contributed by atoms with Crippen LogP contribution in [0.25, 0.3) is 0 Å². The summed E-state index contributed by atoms with van der Waals surface area (Å²) in [5.41, 5.74) is 0. The first-order valence-electron chi connectivity index (χ1n) is 4.73. The molecule has 3 nitrogen and oxygen atoms in total. The highest BCUT2D eigenvalue weighted by Crippen LogP contribution is 2.34. The second-order valence-corrected chi connectivity index (χ2v) is 3.96. The number of hydrogen-bond donors (Lipinski definition) is 2. The minimum absolute atomic E-state index is 0. The molecule has 0 bridgehead atoms. The topological polar surface area (TPSA) is 49.3 Å². The maximum absolute atomic E-state index is 10.7. The normalized spacial score (nSPS) is 37.7. The van der Waals surface area contributed by atoms with E-state index < -0.39 is 5.97 Å². The summed E-state index contributed by atoms with van der Waals surface area (Å²) < 4.78 is 0. The molecule has 0 aromatic heterocycles. The average Bonchev–Trinajstić information content (AvgIpc) is 2.49. The van der Waals surface area contributed by atoms with Gasteiger partial charge in [-0.25, -0.2) is 0 Å². The second kappa shape index (κ2) is 4.29. The minimum atomic E-state index is -0.597. The van der Waals surface area contributed by atoms with Crippen molar-refractivity contribution in [1.82, 2.24) is 5.32 Å². The molecule has 1 saturated heterocycles. The molecular weight excluding hydrogens is 190 g/mol. The summed E-state index contributed by atoms with van der Waals surface area (Å²) >= 11 is 0. The molecule has 0 aromatic carbocycles. The predicted molar refractivity (Wildman–Crippen MR) is 52.1 cm³/mol. The maximum Gasteiger partial charge on any atom is 0.306 e. The number of aliphatic carboxylic acids is 1. The first-order chi connectivity index (χ1) is 5.77. The monoisotopic (exact) mass is 205 g/mol. The highest BCUT2D eigenvalue weighted by Gasteiger charge is 2.35. The van der Waals surface area contributed by atoms with Crippen LogP contribution in [0, 0.1) is 11.8 Å². The Bertz CT molecular complexity index is 198. The van der Waals surface area contributed by atoms with Crippen molar-refractivity contribution in [3.05, 3.63) is 0 Å². The van der Waals surface area contributed by atoms with Gasteiger partial charge in [0, 0.05) is 6.04 Å². The van der Waals surface area contributed by atoms with Crippen LogP contribution in [0.2, 0.25) is 0 Å². The van der Waals surface area contributed by atoms with Crippen LogP contribution in [0.3, 0.4) is 0 Å². The summed E-state index contributed by atoms with van der Waals surface area (Å²) in [4.78, 5) is 10.7. The van der Waals surface area contributed by atoms with Crippen LogP contribution in [-0.4, -0.2) is 23.7 Å². The van der Waals surface area contributed by atoms with Gasteiger partial charge in [-0.3, -0.25) is 4.79 Å². The first-order valence-corrected chi connectivity index (χ1v) is 4.73. The van der Waals surface area contributed by atoms with Gasteiger partial charge in [0.2, 0.25) is 0 Å². The Morgan fingerprint density at radius 1 is 1.31 bits per heavy atom. The van der Waals surface area contributed by atoms with E-state index in [1.165, 1.54) is 6.42 Å². The molecule has 0 radical (unpaired) electrons. The quantitative estimate of drug-likeness (QED) is 0.678. The lowest BCUT2D eigenvalue weighted by molar-refractivity contribution is -0.143. The number of rotatable bonds is 1. The standard InChI is InChI=1S/C9H15NO2.ClH/c11-9(12)7-1-2-8-6(5-7)3-4-10-8;/h6-8,10H,1-5H2,(H,11,12);1H. The van der Waals surface area contributed by atoms with Crippen LogP contribution < -0.4 is 5.32 Å². The number of halogens is 1. The van der Waals surface area contributed by atoms with E-state index in [2.05, 4.69) is 5.32 Å². The maximum atomic E-state index is 10.7. The molecule has 0 spiro atoms. The number of nitrogens with one attached hydrogen (secondary N) is 1. The molecule has 3 atom stereocenters. The van der Waals surface area contributed by atoms with E-state index in [-0.39, 0.29) is 18.3 Å². The summed E-state index contributed by atoms with van der Waals surface area (Å²) in [7, 11) is 0. The van der Waals surface area contributed by atoms with Crippen molar-refractivity contribution in [2.75, 3.05) is 6.54 Å². The molecule has 13 heavy (non-hydrogen) atoms. The fourth-order valence-electron chi connectivity index (χ4n) is 2.53. The molecule has 0 aromatic rings. The van der Waals surface area contributed by atoms with Crippen LogP contribution >= 0.6 is 12.4 Å². The van der Waals surface area contributed by atoms with Gasteiger partial charge >= 0.3 is 5.97 Å². The van der Waals surface area contributed by atoms with Crippen molar-refractivity contribution >= 4 is 18.4 Å². The van der Waals surface area contributed by atoms with Gasteiger partial charge < -0.3 is 10.4 Å². The van der Waals surface area contributed by atoms with Gasteiger partial charge in [0.05, 0.1) is 5.92 Å². The largest absolute Gasteiger partial charge is 0.481 e. The van der Waals surface area contributed by atoms with Crippen molar-refractivity contribution in [2.24, 2.45) is 11.8 Å². The van der Waals surface area contributed by atoms with Crippen molar-refractivity contribution in [3.63, 3.8) is 0 Å². The molecule has 2 fully saturated rings. The number of hydrogen-bond acceptors (Lipinski definition) is 2. The lowest BCUT2D eigenvalue weighted by Gasteiger charge is -2.29. The SMILES string of the molecule is Cl.O=C(O)C1CCC2NCCC2C1. The third kappa shape index (κ3) is 2.15. The van der Waals surface area contributed by atoms with Gasteiger partial charge in [0.25, 0.3) is 0 Å². The second-order valence-electron chi connectivity index (χ2n) is 3.96. The molecule has 76 valence electrons. The number of carboxylic acid groups (broad SMARTS) is 1. The molecule has 3 unspecified atom stereocenters. The van der Waals surface area contributed by atoms with Crippen molar-refractivity contribution in [2.45, 2.75) is 31.7 Å². The minimum Gasteiger partial charge on any atom is -0.481 e. The van der Waals surface area contributed by atoms with E-state index in [0.717, 1.165) is 25.8 Å². The third-order valence-corrected chi connectivity index (χ3v) is 3.25. The predicted octanol–water partition coefficient (Wildman–Crippen LogP) is 1.27. The van der Waals surface area contributed by atoms with E-state index in [1.54, 1.807) is 0 Å². The summed E-state index contributed by atoms with van der Waals surface area (Å²) in [5, 5.41) is 12.3. The number of carboxylic acids is 1. The molecule has 1 heterocycles. The zero-order valence-corrected chi connectivity index (χ0v) is 8.35. The highest BCUT2D eigenvalue weighted by molar-refractivity contribution is 5.85. The zero-order chi connectivity index (χ0) is 8.55. The Kier molecular flexibility index (Phi) is 3.56. The van der Waals surface area contributed by atoms with Gasteiger partial charge in [-0.05, 0) is 38.1 Å². The average molecular weight is 206 g/mol. The molecule has 2 aliphatic rings. The Morgan fingerprint density at radius 3 is 2.77 bits per heavy atom. The fraction of sp³-hybridized carbons (Fsp3) is 0.889. The number of carbonyl (C=O) groups is 1. The molecule has 2 N–H and O–H groups in total. The third-order valence-electron chi connectivity index (χ3n) is 3.25. The van der Waals surface area contributed by atoms with Gasteiger partial charge in [-0.1, -0.05) is 0 Å². The van der Waals surface area contributed by atoms with Gasteiger partial charge in [-0.2, -0.15) is 0 Å². The summed E-state index contributed by atoms with van der Waals surface area (Å²) in [6.45, 7) is 1.08. The van der Waals surface area contributed by atoms with Crippen molar-refractivity contribution in [3.8, 4) is 0 Å². The van der Waals surface area contributed by atoms with E-state index in [0.29, 0.717) is 12.0 Å². The lowest BCUT2D eigenvalue weighted by atomic mass is 9.79. The van der Waals surface area contributed by atoms with E-state index >= 15 is 0 Å². The van der Waals surface area contributed by atoms with E-state index in [1.807, 2.05) is 0 Å². The lowest BCUT2D eigenvalue weighted by Crippen LogP contribution is -2.35. The zero-order valence-electron chi connectivity index (χ0n) is 7.53.